The van der Waals surface area contributed by atoms with Crippen LogP contribution in [0.1, 0.15) is 24.4 Å². The Bertz CT molecular complexity index is 1400. The van der Waals surface area contributed by atoms with Crippen molar-refractivity contribution >= 4 is 28.3 Å². The molecule has 4 aromatic rings. The summed E-state index contributed by atoms with van der Waals surface area (Å²) in [5.41, 5.74) is 1.62. The first-order chi connectivity index (χ1) is 16.3. The molecule has 0 saturated carbocycles. The molecule has 1 unspecified atom stereocenters. The van der Waals surface area contributed by atoms with Crippen molar-refractivity contribution in [3.05, 3.63) is 111 Å². The van der Waals surface area contributed by atoms with Crippen LogP contribution in [0.25, 0.3) is 10.9 Å². The van der Waals surface area contributed by atoms with Crippen LogP contribution in [0.15, 0.2) is 83.7 Å². The lowest BCUT2D eigenvalue weighted by atomic mass is 10.1. The summed E-state index contributed by atoms with van der Waals surface area (Å²) in [5.74, 6) is 0.443. The quantitative estimate of drug-likeness (QED) is 0.335. The number of urea groups is 1. The highest BCUT2D eigenvalue weighted by molar-refractivity contribution is 5.89. The minimum atomic E-state index is -0.555. The number of fused-ring (bicyclic) bond motifs is 1. The van der Waals surface area contributed by atoms with Crippen LogP contribution >= 0.6 is 0 Å². The van der Waals surface area contributed by atoms with E-state index in [2.05, 4.69) is 10.3 Å². The highest BCUT2D eigenvalue weighted by atomic mass is 16.6. The molecule has 0 aliphatic rings. The molecule has 0 radical (unpaired) electrons. The van der Waals surface area contributed by atoms with Crippen molar-refractivity contribution in [3.8, 4) is 0 Å². The number of amides is 2. The van der Waals surface area contributed by atoms with E-state index in [0.717, 1.165) is 5.56 Å². The van der Waals surface area contributed by atoms with Gasteiger partial charge in [0.2, 0.25) is 0 Å². The Kier molecular flexibility index (Phi) is 6.35. The first-order valence-corrected chi connectivity index (χ1v) is 10.7. The number of non-ortho nitro benzene ring substituents is 1. The fraction of sp³-hybridized carbons (Fsp3) is 0.160. The second kappa shape index (κ2) is 9.53. The summed E-state index contributed by atoms with van der Waals surface area (Å²) in [6.07, 6.45) is 0. The molecule has 172 valence electrons. The van der Waals surface area contributed by atoms with Crippen molar-refractivity contribution in [1.29, 1.82) is 0 Å². The molecule has 9 nitrogen and oxygen atoms in total. The lowest BCUT2D eigenvalue weighted by Gasteiger charge is -2.30. The lowest BCUT2D eigenvalue weighted by Crippen LogP contribution is -2.39. The van der Waals surface area contributed by atoms with E-state index >= 15 is 0 Å². The van der Waals surface area contributed by atoms with E-state index in [-0.39, 0.29) is 17.8 Å². The molecule has 2 amide bonds. The molecule has 4 rings (SSSR count). The van der Waals surface area contributed by atoms with E-state index in [0.29, 0.717) is 22.4 Å². The fourth-order valence-corrected chi connectivity index (χ4v) is 3.77. The van der Waals surface area contributed by atoms with Gasteiger partial charge in [0, 0.05) is 31.4 Å². The van der Waals surface area contributed by atoms with Crippen molar-refractivity contribution in [2.24, 2.45) is 7.05 Å². The van der Waals surface area contributed by atoms with Crippen LogP contribution < -0.4 is 10.9 Å². The van der Waals surface area contributed by atoms with Gasteiger partial charge in [0.15, 0.2) is 0 Å². The van der Waals surface area contributed by atoms with Gasteiger partial charge in [-0.1, -0.05) is 42.5 Å². The molecule has 0 saturated heterocycles. The van der Waals surface area contributed by atoms with E-state index in [9.17, 15) is 19.7 Å². The van der Waals surface area contributed by atoms with Crippen LogP contribution in [0, 0.1) is 10.1 Å². The number of rotatable bonds is 6. The van der Waals surface area contributed by atoms with Gasteiger partial charge in [-0.25, -0.2) is 9.78 Å². The molecule has 1 N–H and O–H groups in total. The Labute approximate surface area is 195 Å². The number of carbonyl (C=O) groups excluding carboxylic acids is 1. The molecule has 34 heavy (non-hydrogen) atoms. The number of nitrogens with one attached hydrogen (secondary N) is 1. The highest BCUT2D eigenvalue weighted by Gasteiger charge is 2.26. The molecule has 0 bridgehead atoms. The molecule has 0 aliphatic heterocycles. The molecule has 0 spiro atoms. The number of aromatic nitrogens is 2. The first-order valence-electron chi connectivity index (χ1n) is 10.7. The molecular weight excluding hydrogens is 434 g/mol. The van der Waals surface area contributed by atoms with Crippen molar-refractivity contribution < 1.29 is 9.72 Å². The van der Waals surface area contributed by atoms with Gasteiger partial charge in [-0.05, 0) is 36.8 Å². The Morgan fingerprint density at radius 2 is 1.71 bits per heavy atom. The first kappa shape index (κ1) is 22.7. The molecule has 1 atom stereocenters. The number of nitro benzene ring substituents is 1. The zero-order valence-electron chi connectivity index (χ0n) is 18.7. The minimum absolute atomic E-state index is 0.0668. The molecular formula is C25H23N5O4. The standard InChI is InChI=1S/C25H23N5O4/c1-17(23-27-22-11-7-6-10-21(22)24(31)28(23)2)29(16-18-8-4-3-5-9-18)25(32)26-19-12-14-20(15-13-19)30(33)34/h3-15,17H,16H2,1-2H3,(H,26,32). The minimum Gasteiger partial charge on any atom is -0.310 e. The Hall–Kier alpha value is -4.53. The third kappa shape index (κ3) is 4.63. The van der Waals surface area contributed by atoms with Crippen LogP contribution in [0.2, 0.25) is 0 Å². The van der Waals surface area contributed by atoms with E-state index in [1.807, 2.05) is 43.3 Å². The number of nitro groups is 1. The molecule has 0 aliphatic carbocycles. The number of para-hydroxylation sites is 1. The maximum Gasteiger partial charge on any atom is 0.322 e. The Morgan fingerprint density at radius 3 is 2.38 bits per heavy atom. The smallest absolute Gasteiger partial charge is 0.310 e. The van der Waals surface area contributed by atoms with Crippen LogP contribution in [0.5, 0.6) is 0 Å². The van der Waals surface area contributed by atoms with Crippen LogP contribution in [-0.4, -0.2) is 25.4 Å². The van der Waals surface area contributed by atoms with Gasteiger partial charge >= 0.3 is 6.03 Å². The molecule has 0 fully saturated rings. The van der Waals surface area contributed by atoms with Crippen molar-refractivity contribution in [1.82, 2.24) is 14.5 Å². The number of benzene rings is 3. The summed E-state index contributed by atoms with van der Waals surface area (Å²) in [6.45, 7) is 2.08. The molecule has 1 heterocycles. The monoisotopic (exact) mass is 457 g/mol. The normalized spacial score (nSPS) is 11.7. The van der Waals surface area contributed by atoms with Crippen LogP contribution in [0.3, 0.4) is 0 Å². The largest absolute Gasteiger partial charge is 0.322 e. The third-order valence-corrected chi connectivity index (χ3v) is 5.64. The van der Waals surface area contributed by atoms with Crippen LogP contribution in [-0.2, 0) is 13.6 Å². The van der Waals surface area contributed by atoms with Gasteiger partial charge in [-0.15, -0.1) is 0 Å². The molecule has 9 heteroatoms. The van der Waals surface area contributed by atoms with Crippen molar-refractivity contribution in [2.45, 2.75) is 19.5 Å². The Balaban J connectivity index is 1.70. The summed E-state index contributed by atoms with van der Waals surface area (Å²) < 4.78 is 1.46. The van der Waals surface area contributed by atoms with Gasteiger partial charge < -0.3 is 10.2 Å². The highest BCUT2D eigenvalue weighted by Crippen LogP contribution is 2.24. The predicted octanol–water partition coefficient (Wildman–Crippen LogP) is 4.64. The molecule has 3 aromatic carbocycles. The summed E-state index contributed by atoms with van der Waals surface area (Å²) >= 11 is 0. The Morgan fingerprint density at radius 1 is 1.06 bits per heavy atom. The second-order valence-electron chi connectivity index (χ2n) is 7.87. The maximum absolute atomic E-state index is 13.4. The van der Waals surface area contributed by atoms with E-state index in [4.69, 9.17) is 0 Å². The van der Waals surface area contributed by atoms with Gasteiger partial charge in [-0.2, -0.15) is 0 Å². The maximum atomic E-state index is 13.4. The lowest BCUT2D eigenvalue weighted by molar-refractivity contribution is -0.384. The zero-order chi connectivity index (χ0) is 24.2. The van der Waals surface area contributed by atoms with Gasteiger partial charge in [0.1, 0.15) is 5.82 Å². The van der Waals surface area contributed by atoms with Crippen LogP contribution in [0.4, 0.5) is 16.2 Å². The number of nitrogens with zero attached hydrogens (tertiary/aromatic N) is 4. The average Bonchev–Trinajstić information content (AvgIpc) is 2.85. The van der Waals surface area contributed by atoms with Crippen molar-refractivity contribution in [3.63, 3.8) is 0 Å². The van der Waals surface area contributed by atoms with E-state index < -0.39 is 17.0 Å². The summed E-state index contributed by atoms with van der Waals surface area (Å²) in [6, 6.07) is 21.2. The second-order valence-corrected chi connectivity index (χ2v) is 7.87. The summed E-state index contributed by atoms with van der Waals surface area (Å²) in [5, 5.41) is 14.2. The molecule has 1 aromatic heterocycles. The van der Waals surface area contributed by atoms with Gasteiger partial charge in [-0.3, -0.25) is 19.5 Å². The number of anilines is 1. The SMILES string of the molecule is CC(c1nc2ccccc2c(=O)n1C)N(Cc1ccccc1)C(=O)Nc1ccc([N+](=O)[O-])cc1. The fourth-order valence-electron chi connectivity index (χ4n) is 3.77. The average molecular weight is 457 g/mol. The number of carbonyl (C=O) groups is 1. The van der Waals surface area contributed by atoms with E-state index in [1.165, 1.54) is 28.8 Å². The number of hydrogen-bond acceptors (Lipinski definition) is 5. The van der Waals surface area contributed by atoms with Gasteiger partial charge in [0.05, 0.1) is 21.9 Å². The summed E-state index contributed by atoms with van der Waals surface area (Å²) in [4.78, 5) is 43.0. The number of hydrogen-bond donors (Lipinski definition) is 1. The van der Waals surface area contributed by atoms with Crippen molar-refractivity contribution in [2.75, 3.05) is 5.32 Å². The van der Waals surface area contributed by atoms with Gasteiger partial charge in [0.25, 0.3) is 11.2 Å². The van der Waals surface area contributed by atoms with E-state index in [1.54, 1.807) is 30.1 Å². The topological polar surface area (TPSA) is 110 Å². The zero-order valence-corrected chi connectivity index (χ0v) is 18.7. The third-order valence-electron chi connectivity index (χ3n) is 5.64. The summed E-state index contributed by atoms with van der Waals surface area (Å²) in [7, 11) is 1.64. The predicted molar refractivity (Wildman–Crippen MR) is 129 cm³/mol.